The minimum atomic E-state index is -0.662. The summed E-state index contributed by atoms with van der Waals surface area (Å²) in [6.07, 6.45) is -0.662. The van der Waals surface area contributed by atoms with Crippen LogP contribution in [0.3, 0.4) is 0 Å². The molecule has 2 aromatic rings. The summed E-state index contributed by atoms with van der Waals surface area (Å²) in [5.41, 5.74) is 0.827. The lowest BCUT2D eigenvalue weighted by Crippen LogP contribution is -2.37. The summed E-state index contributed by atoms with van der Waals surface area (Å²) in [5.74, 6) is 0.669. The van der Waals surface area contributed by atoms with Crippen LogP contribution in [0.25, 0.3) is 0 Å². The van der Waals surface area contributed by atoms with Gasteiger partial charge in [-0.05, 0) is 43.7 Å². The van der Waals surface area contributed by atoms with Crippen molar-refractivity contribution in [1.29, 1.82) is 0 Å². The van der Waals surface area contributed by atoms with E-state index >= 15 is 0 Å². The molecule has 0 spiro atoms. The van der Waals surface area contributed by atoms with Crippen molar-refractivity contribution in [2.75, 3.05) is 7.11 Å². The van der Waals surface area contributed by atoms with Crippen LogP contribution in [0.2, 0.25) is 0 Å². The van der Waals surface area contributed by atoms with Crippen molar-refractivity contribution in [3.63, 3.8) is 0 Å². The zero-order valence-electron chi connectivity index (χ0n) is 13.4. The zero-order chi connectivity index (χ0) is 16.8. The van der Waals surface area contributed by atoms with E-state index in [0.29, 0.717) is 11.5 Å². The lowest BCUT2D eigenvalue weighted by molar-refractivity contribution is -0.127. The van der Waals surface area contributed by atoms with Crippen LogP contribution in [-0.4, -0.2) is 19.1 Å². The summed E-state index contributed by atoms with van der Waals surface area (Å²) < 4.78 is 23.7. The van der Waals surface area contributed by atoms with E-state index in [4.69, 9.17) is 9.47 Å². The van der Waals surface area contributed by atoms with Crippen LogP contribution < -0.4 is 14.8 Å². The van der Waals surface area contributed by atoms with E-state index in [1.807, 2.05) is 6.92 Å². The van der Waals surface area contributed by atoms with Crippen molar-refractivity contribution < 1.29 is 18.7 Å². The second-order valence-electron chi connectivity index (χ2n) is 5.22. The largest absolute Gasteiger partial charge is 0.497 e. The summed E-state index contributed by atoms with van der Waals surface area (Å²) in [6, 6.07) is 12.9. The van der Waals surface area contributed by atoms with Gasteiger partial charge in [-0.15, -0.1) is 0 Å². The number of hydrogen-bond acceptors (Lipinski definition) is 3. The number of rotatable bonds is 6. The molecular weight excluding hydrogens is 297 g/mol. The second kappa shape index (κ2) is 7.63. The third kappa shape index (κ3) is 4.71. The maximum absolute atomic E-state index is 12.9. The summed E-state index contributed by atoms with van der Waals surface area (Å²) in [6.45, 7) is 3.51. The van der Waals surface area contributed by atoms with Crippen molar-refractivity contribution in [3.05, 3.63) is 59.9 Å². The Kier molecular flexibility index (Phi) is 5.57. The molecule has 2 unspecified atom stereocenters. The number of methoxy groups -OCH3 is 1. The van der Waals surface area contributed by atoms with Gasteiger partial charge in [-0.2, -0.15) is 0 Å². The molecule has 0 radical (unpaired) electrons. The van der Waals surface area contributed by atoms with Crippen LogP contribution >= 0.6 is 0 Å². The van der Waals surface area contributed by atoms with Gasteiger partial charge in [0.15, 0.2) is 6.10 Å². The van der Waals surface area contributed by atoms with Gasteiger partial charge in [0.1, 0.15) is 17.3 Å². The Morgan fingerprint density at radius 3 is 2.39 bits per heavy atom. The van der Waals surface area contributed by atoms with Crippen LogP contribution in [0.15, 0.2) is 48.5 Å². The Morgan fingerprint density at radius 1 is 1.09 bits per heavy atom. The molecule has 0 saturated carbocycles. The molecule has 0 aliphatic carbocycles. The van der Waals surface area contributed by atoms with E-state index in [9.17, 15) is 9.18 Å². The topological polar surface area (TPSA) is 47.6 Å². The Labute approximate surface area is 135 Å². The molecular formula is C18H20FNO3. The first-order valence-electron chi connectivity index (χ1n) is 7.36. The Morgan fingerprint density at radius 2 is 1.74 bits per heavy atom. The van der Waals surface area contributed by atoms with Crippen LogP contribution in [0.1, 0.15) is 25.5 Å². The highest BCUT2D eigenvalue weighted by Gasteiger charge is 2.18. The summed E-state index contributed by atoms with van der Waals surface area (Å²) in [4.78, 5) is 12.2. The number of amides is 1. The number of benzene rings is 2. The molecule has 0 saturated heterocycles. The number of hydrogen-bond donors (Lipinski definition) is 1. The minimum absolute atomic E-state index is 0.237. The van der Waals surface area contributed by atoms with Crippen LogP contribution in [0, 0.1) is 5.82 Å². The fourth-order valence-electron chi connectivity index (χ4n) is 2.10. The average Bonchev–Trinajstić information content (AvgIpc) is 2.55. The minimum Gasteiger partial charge on any atom is -0.497 e. The van der Waals surface area contributed by atoms with Gasteiger partial charge in [-0.25, -0.2) is 4.39 Å². The van der Waals surface area contributed by atoms with Crippen LogP contribution in [0.5, 0.6) is 11.5 Å². The molecule has 0 aliphatic rings. The monoisotopic (exact) mass is 317 g/mol. The molecule has 2 rings (SSSR count). The van der Waals surface area contributed by atoms with Crippen molar-refractivity contribution >= 4 is 5.91 Å². The highest BCUT2D eigenvalue weighted by Crippen LogP contribution is 2.20. The molecule has 122 valence electrons. The summed E-state index contributed by atoms with van der Waals surface area (Å²) in [7, 11) is 1.57. The van der Waals surface area contributed by atoms with Gasteiger partial charge in [0, 0.05) is 6.07 Å². The third-order valence-corrected chi connectivity index (χ3v) is 3.45. The number of carbonyl (C=O) groups excluding carboxylic acids is 1. The fraction of sp³-hybridized carbons (Fsp3) is 0.278. The molecule has 5 heteroatoms. The molecule has 0 fully saturated rings. The van der Waals surface area contributed by atoms with Crippen molar-refractivity contribution in [3.8, 4) is 11.5 Å². The normalized spacial score (nSPS) is 13.0. The van der Waals surface area contributed by atoms with E-state index < -0.39 is 6.10 Å². The van der Waals surface area contributed by atoms with Gasteiger partial charge in [0.05, 0.1) is 13.2 Å². The predicted octanol–water partition coefficient (Wildman–Crippen LogP) is 3.48. The first-order valence-corrected chi connectivity index (χ1v) is 7.36. The highest BCUT2D eigenvalue weighted by molar-refractivity contribution is 5.81. The SMILES string of the molecule is COc1cccc(OC(C)C(=O)NC(C)c2ccc(F)cc2)c1. The maximum atomic E-state index is 12.9. The predicted molar refractivity (Wildman–Crippen MR) is 86.0 cm³/mol. The van der Waals surface area contributed by atoms with Gasteiger partial charge in [-0.1, -0.05) is 18.2 Å². The molecule has 1 N–H and O–H groups in total. The van der Waals surface area contributed by atoms with E-state index in [2.05, 4.69) is 5.32 Å². The van der Waals surface area contributed by atoms with Gasteiger partial charge in [0.2, 0.25) is 0 Å². The fourth-order valence-corrected chi connectivity index (χ4v) is 2.10. The molecule has 0 heterocycles. The molecule has 2 atom stereocenters. The molecule has 2 aromatic carbocycles. The lowest BCUT2D eigenvalue weighted by atomic mass is 10.1. The average molecular weight is 317 g/mol. The first-order chi connectivity index (χ1) is 11.0. The van der Waals surface area contributed by atoms with E-state index in [-0.39, 0.29) is 17.8 Å². The van der Waals surface area contributed by atoms with E-state index in [0.717, 1.165) is 5.56 Å². The molecule has 0 aliphatic heterocycles. The summed E-state index contributed by atoms with van der Waals surface area (Å²) >= 11 is 0. The molecule has 23 heavy (non-hydrogen) atoms. The quantitative estimate of drug-likeness (QED) is 0.887. The number of halogens is 1. The Balaban J connectivity index is 1.95. The molecule has 4 nitrogen and oxygen atoms in total. The first kappa shape index (κ1) is 16.8. The van der Waals surface area contributed by atoms with E-state index in [1.165, 1.54) is 12.1 Å². The number of ether oxygens (including phenoxy) is 2. The smallest absolute Gasteiger partial charge is 0.261 e. The Bertz CT molecular complexity index is 658. The van der Waals surface area contributed by atoms with Gasteiger partial charge in [0.25, 0.3) is 5.91 Å². The molecule has 0 aromatic heterocycles. The Hall–Kier alpha value is -2.56. The van der Waals surface area contributed by atoms with Gasteiger partial charge in [-0.3, -0.25) is 4.79 Å². The maximum Gasteiger partial charge on any atom is 0.261 e. The number of nitrogens with one attached hydrogen (secondary N) is 1. The summed E-state index contributed by atoms with van der Waals surface area (Å²) in [5, 5.41) is 2.85. The second-order valence-corrected chi connectivity index (χ2v) is 5.22. The van der Waals surface area contributed by atoms with Crippen LogP contribution in [-0.2, 0) is 4.79 Å². The van der Waals surface area contributed by atoms with Crippen molar-refractivity contribution in [2.45, 2.75) is 26.0 Å². The van der Waals surface area contributed by atoms with Crippen molar-refractivity contribution in [2.24, 2.45) is 0 Å². The standard InChI is InChI=1S/C18H20FNO3/c1-12(14-7-9-15(19)10-8-14)20-18(21)13(2)23-17-6-4-5-16(11-17)22-3/h4-13H,1-3H3,(H,20,21). The third-order valence-electron chi connectivity index (χ3n) is 3.45. The molecule has 0 bridgehead atoms. The van der Waals surface area contributed by atoms with Gasteiger partial charge < -0.3 is 14.8 Å². The van der Waals surface area contributed by atoms with Gasteiger partial charge >= 0.3 is 0 Å². The lowest BCUT2D eigenvalue weighted by Gasteiger charge is -2.19. The highest BCUT2D eigenvalue weighted by atomic mass is 19.1. The number of carbonyl (C=O) groups is 1. The van der Waals surface area contributed by atoms with Crippen molar-refractivity contribution in [1.82, 2.24) is 5.32 Å². The zero-order valence-corrected chi connectivity index (χ0v) is 13.4. The van der Waals surface area contributed by atoms with E-state index in [1.54, 1.807) is 50.4 Å². The van der Waals surface area contributed by atoms with Crippen LogP contribution in [0.4, 0.5) is 4.39 Å². The molecule has 1 amide bonds.